The largest absolute Gasteiger partial charge is 0.338 e. The molecule has 3 nitrogen and oxygen atoms in total. The van der Waals surface area contributed by atoms with Crippen molar-refractivity contribution in [3.05, 3.63) is 244 Å². The third-order valence-corrected chi connectivity index (χ3v) is 18.4. The highest BCUT2D eigenvalue weighted by atomic mass is 15.2. The van der Waals surface area contributed by atoms with Crippen LogP contribution >= 0.6 is 0 Å². The normalized spacial score (nSPS) is 24.2. The summed E-state index contributed by atoms with van der Waals surface area (Å²) in [7, 11) is 0. The number of para-hydroxylation sites is 2. The van der Waals surface area contributed by atoms with Gasteiger partial charge in [0.1, 0.15) is 0 Å². The van der Waals surface area contributed by atoms with Crippen molar-refractivity contribution >= 4 is 45.2 Å². The summed E-state index contributed by atoms with van der Waals surface area (Å²) in [5, 5.41) is 2.77. The maximum atomic E-state index is 2.81. The number of nitrogens with zero attached hydrogens (tertiary/aromatic N) is 3. The molecule has 1 saturated heterocycles. The lowest BCUT2D eigenvalue weighted by molar-refractivity contribution is 0.330. The summed E-state index contributed by atoms with van der Waals surface area (Å²) >= 11 is 0. The van der Waals surface area contributed by atoms with E-state index >= 15 is 0 Å². The number of fused-ring (bicyclic) bond motifs is 12. The predicted octanol–water partition coefficient (Wildman–Crippen LogP) is 17.4. The van der Waals surface area contributed by atoms with Gasteiger partial charge in [0.05, 0.1) is 17.1 Å². The van der Waals surface area contributed by atoms with E-state index in [9.17, 15) is 0 Å². The molecule has 5 unspecified atom stereocenters. The quantitative estimate of drug-likeness (QED) is 0.151. The summed E-state index contributed by atoms with van der Waals surface area (Å²) in [6.07, 6.45) is 43.3. The summed E-state index contributed by atoms with van der Waals surface area (Å²) in [5.41, 5.74) is 25.3. The van der Waals surface area contributed by atoms with Gasteiger partial charge in [-0.2, -0.15) is 0 Å². The fourth-order valence-electron chi connectivity index (χ4n) is 14.9. The van der Waals surface area contributed by atoms with Crippen molar-refractivity contribution in [1.29, 1.82) is 0 Å². The fraction of sp³-hybridized carbons (Fsp3) is 0.257. The smallest absolute Gasteiger partial charge is 0.0588 e. The molecule has 7 aliphatic carbocycles. The lowest BCUT2D eigenvalue weighted by Gasteiger charge is -2.36. The lowest BCUT2D eigenvalue weighted by Crippen LogP contribution is -2.33. The third-order valence-electron chi connectivity index (χ3n) is 18.4. The summed E-state index contributed by atoms with van der Waals surface area (Å²) < 4.78 is 5.22. The molecule has 0 N–H and O–H groups in total. The van der Waals surface area contributed by atoms with Crippen LogP contribution in [0, 0.1) is 11.8 Å². The second-order valence-corrected chi connectivity index (χ2v) is 22.7. The van der Waals surface area contributed by atoms with Crippen LogP contribution in [0.2, 0.25) is 0 Å². The summed E-state index contributed by atoms with van der Waals surface area (Å²) in [5.74, 6) is 1.51. The first-order valence-electron chi connectivity index (χ1n) is 27.6. The number of rotatable bonds is 6. The van der Waals surface area contributed by atoms with Crippen LogP contribution in [0.5, 0.6) is 0 Å². The highest BCUT2D eigenvalue weighted by molar-refractivity contribution is 5.97. The predicted molar refractivity (Wildman–Crippen MR) is 305 cm³/mol. The summed E-state index contributed by atoms with van der Waals surface area (Å²) in [6.45, 7) is 5.11. The van der Waals surface area contributed by atoms with Crippen molar-refractivity contribution in [3.63, 3.8) is 0 Å². The minimum atomic E-state index is -0.0609. The van der Waals surface area contributed by atoms with Gasteiger partial charge in [-0.3, -0.25) is 0 Å². The number of benzene rings is 5. The maximum absolute atomic E-state index is 2.81. The van der Waals surface area contributed by atoms with Gasteiger partial charge in [0.15, 0.2) is 0 Å². The van der Waals surface area contributed by atoms with Crippen molar-refractivity contribution in [1.82, 2.24) is 14.0 Å². The number of allylic oxidation sites excluding steroid dienone is 14. The molecule has 0 bridgehead atoms. The minimum absolute atomic E-state index is 0.0609. The van der Waals surface area contributed by atoms with E-state index in [0.717, 1.165) is 57.8 Å². The van der Waals surface area contributed by atoms with E-state index < -0.39 is 0 Å². The number of hydrogen-bond donors (Lipinski definition) is 0. The molecule has 3 heterocycles. The zero-order valence-corrected chi connectivity index (χ0v) is 42.3. The van der Waals surface area contributed by atoms with Gasteiger partial charge in [0, 0.05) is 73.8 Å². The third kappa shape index (κ3) is 6.76. The van der Waals surface area contributed by atoms with Crippen LogP contribution in [0.15, 0.2) is 199 Å². The minimum Gasteiger partial charge on any atom is -0.338 e. The van der Waals surface area contributed by atoms with Gasteiger partial charge in [-0.1, -0.05) is 160 Å². The van der Waals surface area contributed by atoms with Gasteiger partial charge in [-0.15, -0.1) is 0 Å². The Bertz CT molecular complexity index is 3730. The lowest BCUT2D eigenvalue weighted by atomic mass is 9.72. The van der Waals surface area contributed by atoms with Crippen LogP contribution in [0.4, 0.5) is 0 Å². The Balaban J connectivity index is 0.840. The van der Waals surface area contributed by atoms with E-state index in [0.29, 0.717) is 29.7 Å². The van der Waals surface area contributed by atoms with Gasteiger partial charge in [-0.25, -0.2) is 0 Å². The monoisotopic (exact) mass is 946 g/mol. The average Bonchev–Trinajstić information content (AvgIpc) is 4.06. The van der Waals surface area contributed by atoms with Crippen molar-refractivity contribution in [2.45, 2.75) is 101 Å². The molecule has 358 valence electrons. The first-order valence-corrected chi connectivity index (χ1v) is 27.6. The maximum Gasteiger partial charge on any atom is 0.0588 e. The Morgan fingerprint density at radius 3 is 2.26 bits per heavy atom. The zero-order valence-electron chi connectivity index (χ0n) is 42.3. The Kier molecular flexibility index (Phi) is 9.98. The summed E-state index contributed by atoms with van der Waals surface area (Å²) in [6, 6.07) is 44.2. The Labute approximate surface area is 431 Å². The molecule has 8 aliphatic rings. The second-order valence-electron chi connectivity index (χ2n) is 22.7. The molecular formula is C70H63N3. The molecule has 1 fully saturated rings. The van der Waals surface area contributed by atoms with Gasteiger partial charge in [0.25, 0.3) is 0 Å². The molecular weight excluding hydrogens is 883 g/mol. The fourth-order valence-corrected chi connectivity index (χ4v) is 14.9. The van der Waals surface area contributed by atoms with E-state index in [1.165, 1.54) is 107 Å². The molecule has 7 aromatic rings. The van der Waals surface area contributed by atoms with Crippen molar-refractivity contribution in [2.24, 2.45) is 11.8 Å². The molecule has 5 atom stereocenters. The van der Waals surface area contributed by atoms with Gasteiger partial charge in [0.2, 0.25) is 0 Å². The Morgan fingerprint density at radius 1 is 0.589 bits per heavy atom. The zero-order chi connectivity index (χ0) is 48.4. The molecule has 0 amide bonds. The molecule has 1 aliphatic heterocycles. The second kappa shape index (κ2) is 16.9. The highest BCUT2D eigenvalue weighted by Gasteiger charge is 2.51. The van der Waals surface area contributed by atoms with Crippen molar-refractivity contribution in [3.8, 4) is 16.8 Å². The van der Waals surface area contributed by atoms with Crippen LogP contribution in [0.1, 0.15) is 122 Å². The van der Waals surface area contributed by atoms with Crippen molar-refractivity contribution in [2.75, 3.05) is 0 Å². The standard InChI is InChI=1S/C70H63N3/c1-70(2)62-43-68-60(55-29-15-18-32-65(55)72(68)52-27-13-12-24-47(39-52)50-37-48(45-20-6-3-7-21-45)36-49(38-50)46-22-8-4-9-23-46)41-57(62)58-42-61-56-30-16-19-33-66(56)73(69(61)44-63(58)70)53-34-35-67-59(40-53)54-28-14-17-31-64(54)71(67)51-25-10-5-11-26-51/h3-8,10-11,13-15,17,19-22,25-29,31,33,36-44,47,56,58,63,66H,9,12,16,18,23-24,30,32,34-35H2,1-2H3. The SMILES string of the molecule is CC1(C)c2cc3c(cc2C2C=C4C(=CC21)N(C1=Cc2c(n(-c5ccccc5)c5ccccc25)CC1)C1C=CCCC41)c1c(n3C2=CC(c3cc(C4=CC=CCC4)cc(-c4ccccc4)c3)CCC=C2)CCC=C1. The van der Waals surface area contributed by atoms with E-state index in [1.54, 1.807) is 11.1 Å². The summed E-state index contributed by atoms with van der Waals surface area (Å²) in [4.78, 5) is 2.81. The van der Waals surface area contributed by atoms with E-state index in [4.69, 9.17) is 0 Å². The number of aromatic nitrogens is 2. The highest BCUT2D eigenvalue weighted by Crippen LogP contribution is 2.60. The molecule has 0 radical (unpaired) electrons. The molecule has 73 heavy (non-hydrogen) atoms. The van der Waals surface area contributed by atoms with E-state index in [1.807, 2.05) is 0 Å². The first-order chi connectivity index (χ1) is 36.0. The van der Waals surface area contributed by atoms with Crippen LogP contribution in [-0.4, -0.2) is 20.1 Å². The molecule has 15 rings (SSSR count). The molecule has 5 aromatic carbocycles. The first kappa shape index (κ1) is 43.2. The van der Waals surface area contributed by atoms with E-state index in [-0.39, 0.29) is 5.41 Å². The molecule has 2 aromatic heterocycles. The Hall–Kier alpha value is -7.36. The van der Waals surface area contributed by atoms with Gasteiger partial charge in [-0.05, 0) is 169 Å². The van der Waals surface area contributed by atoms with Crippen LogP contribution in [0.25, 0.3) is 62.0 Å². The van der Waals surface area contributed by atoms with Crippen LogP contribution in [0.3, 0.4) is 0 Å². The van der Waals surface area contributed by atoms with Gasteiger partial charge < -0.3 is 14.0 Å². The van der Waals surface area contributed by atoms with E-state index in [2.05, 4.69) is 222 Å². The van der Waals surface area contributed by atoms with Crippen LogP contribution in [-0.2, 0) is 18.3 Å². The number of hydrogen-bond acceptors (Lipinski definition) is 1. The Morgan fingerprint density at radius 2 is 1.38 bits per heavy atom. The van der Waals surface area contributed by atoms with Crippen LogP contribution < -0.4 is 0 Å². The average molecular weight is 946 g/mol. The molecule has 0 spiro atoms. The van der Waals surface area contributed by atoms with Gasteiger partial charge >= 0.3 is 0 Å². The van der Waals surface area contributed by atoms with Crippen molar-refractivity contribution < 1.29 is 0 Å². The molecule has 3 heteroatoms. The number of likely N-dealkylation sites (tertiary alicyclic amines) is 1. The molecule has 0 saturated carbocycles. The topological polar surface area (TPSA) is 13.1 Å².